The molecule has 0 saturated heterocycles. The maximum absolute atomic E-state index is 10.5. The second kappa shape index (κ2) is 5.29. The van der Waals surface area contributed by atoms with Gasteiger partial charge in [0.2, 0.25) is 0 Å². The molecule has 0 heterocycles. The minimum absolute atomic E-state index is 0. The molecule has 5 nitrogen and oxygen atoms in total. The van der Waals surface area contributed by atoms with Gasteiger partial charge in [-0.05, 0) is 12.5 Å². The summed E-state index contributed by atoms with van der Waals surface area (Å²) in [6.45, 7) is 1.53. The summed E-state index contributed by atoms with van der Waals surface area (Å²) in [7, 11) is -4.85. The van der Waals surface area contributed by atoms with Crippen molar-refractivity contribution < 1.29 is 52.7 Å². The molecule has 0 aliphatic carbocycles. The standard InChI is InChI=1S/C8H10O5S.Na/c1-5-3-2-4-6(7(5)9)8(10)14(11,12)13;/h2-4,8-10H,1H3,(H,11,12,13);/q;+1/p-1. The normalized spacial score (nSPS) is 13.0. The van der Waals surface area contributed by atoms with Crippen LogP contribution in [0.25, 0.3) is 0 Å². The Balaban J connectivity index is 0.00000196. The van der Waals surface area contributed by atoms with Crippen LogP contribution in [0.2, 0.25) is 0 Å². The predicted octanol–water partition coefficient (Wildman–Crippen LogP) is -2.76. The van der Waals surface area contributed by atoms with Crippen molar-refractivity contribution in [1.82, 2.24) is 0 Å². The Morgan fingerprint density at radius 3 is 2.40 bits per heavy atom. The number of phenolic OH excluding ortho intramolecular Hbond substituents is 1. The fourth-order valence-corrected chi connectivity index (χ4v) is 1.54. The number of aliphatic hydroxyl groups is 1. The SMILES string of the molecule is Cc1cccc(C(O)S(=O)(=O)[O-])c1O.[Na+]. The van der Waals surface area contributed by atoms with Crippen molar-refractivity contribution in [3.8, 4) is 5.75 Å². The summed E-state index contributed by atoms with van der Waals surface area (Å²) in [6.07, 6.45) is 0. The summed E-state index contributed by atoms with van der Waals surface area (Å²) in [6, 6.07) is 4.16. The summed E-state index contributed by atoms with van der Waals surface area (Å²) in [5, 5.41) is 18.5. The van der Waals surface area contributed by atoms with Crippen molar-refractivity contribution in [3.05, 3.63) is 29.3 Å². The monoisotopic (exact) mass is 240 g/mol. The number of hydrogen-bond acceptors (Lipinski definition) is 5. The second-order valence-corrected chi connectivity index (χ2v) is 4.29. The van der Waals surface area contributed by atoms with Gasteiger partial charge in [0.15, 0.2) is 5.44 Å². The molecule has 1 unspecified atom stereocenters. The van der Waals surface area contributed by atoms with E-state index in [0.29, 0.717) is 5.56 Å². The van der Waals surface area contributed by atoms with E-state index in [1.54, 1.807) is 0 Å². The molecule has 0 fully saturated rings. The van der Waals surface area contributed by atoms with Crippen molar-refractivity contribution in [2.75, 3.05) is 0 Å². The molecule has 0 saturated carbocycles. The van der Waals surface area contributed by atoms with Gasteiger partial charge in [0.1, 0.15) is 15.9 Å². The van der Waals surface area contributed by atoms with E-state index >= 15 is 0 Å². The third kappa shape index (κ3) is 3.44. The molecular weight excluding hydrogens is 231 g/mol. The molecule has 1 atom stereocenters. The van der Waals surface area contributed by atoms with Crippen LogP contribution >= 0.6 is 0 Å². The fraction of sp³-hybridized carbons (Fsp3) is 0.250. The van der Waals surface area contributed by atoms with Gasteiger partial charge in [-0.3, -0.25) is 0 Å². The molecular formula is C8H9NaO5S. The number of rotatable bonds is 2. The first kappa shape index (κ1) is 14.9. The molecule has 0 radical (unpaired) electrons. The maximum atomic E-state index is 10.5. The van der Waals surface area contributed by atoms with Crippen LogP contribution < -0.4 is 29.6 Å². The van der Waals surface area contributed by atoms with E-state index in [0.717, 1.165) is 0 Å². The third-order valence-corrected chi connectivity index (χ3v) is 2.61. The number of aliphatic hydroxyl groups excluding tert-OH is 1. The average molecular weight is 240 g/mol. The van der Waals surface area contributed by atoms with E-state index in [1.807, 2.05) is 0 Å². The van der Waals surface area contributed by atoms with Gasteiger partial charge in [0.05, 0.1) is 0 Å². The molecule has 1 aromatic carbocycles. The topological polar surface area (TPSA) is 97.7 Å². The largest absolute Gasteiger partial charge is 1.00 e. The Hall–Kier alpha value is -0.110. The Labute approximate surface area is 110 Å². The number of aromatic hydroxyl groups is 1. The van der Waals surface area contributed by atoms with Crippen molar-refractivity contribution in [2.45, 2.75) is 12.4 Å². The zero-order valence-electron chi connectivity index (χ0n) is 8.34. The molecule has 0 aliphatic heterocycles. The van der Waals surface area contributed by atoms with E-state index in [9.17, 15) is 18.1 Å². The summed E-state index contributed by atoms with van der Waals surface area (Å²) < 4.78 is 31.4. The molecule has 1 rings (SSSR count). The molecule has 15 heavy (non-hydrogen) atoms. The summed E-state index contributed by atoms with van der Waals surface area (Å²) >= 11 is 0. The Kier molecular flexibility index (Phi) is 5.25. The summed E-state index contributed by atoms with van der Waals surface area (Å²) in [5.74, 6) is -0.376. The van der Waals surface area contributed by atoms with Gasteiger partial charge in [-0.15, -0.1) is 0 Å². The second-order valence-electron chi connectivity index (χ2n) is 2.86. The molecule has 7 heteroatoms. The molecule has 0 aliphatic rings. The van der Waals surface area contributed by atoms with Crippen LogP contribution in [0.15, 0.2) is 18.2 Å². The Morgan fingerprint density at radius 1 is 1.40 bits per heavy atom. The van der Waals surface area contributed by atoms with Gasteiger partial charge < -0.3 is 14.8 Å². The minimum Gasteiger partial charge on any atom is -0.746 e. The predicted molar refractivity (Wildman–Crippen MR) is 47.5 cm³/mol. The van der Waals surface area contributed by atoms with Crippen molar-refractivity contribution in [1.29, 1.82) is 0 Å². The van der Waals surface area contributed by atoms with Crippen LogP contribution in [0.3, 0.4) is 0 Å². The van der Waals surface area contributed by atoms with Gasteiger partial charge in [-0.2, -0.15) is 0 Å². The van der Waals surface area contributed by atoms with E-state index < -0.39 is 15.6 Å². The average Bonchev–Trinajstić information content (AvgIpc) is 2.07. The third-order valence-electron chi connectivity index (χ3n) is 1.81. The molecule has 0 spiro atoms. The van der Waals surface area contributed by atoms with Crippen molar-refractivity contribution in [2.24, 2.45) is 0 Å². The van der Waals surface area contributed by atoms with Gasteiger partial charge >= 0.3 is 29.6 Å². The van der Waals surface area contributed by atoms with Crippen LogP contribution in [-0.2, 0) is 10.1 Å². The van der Waals surface area contributed by atoms with Gasteiger partial charge in [-0.25, -0.2) is 8.42 Å². The Morgan fingerprint density at radius 2 is 1.93 bits per heavy atom. The first-order valence-electron chi connectivity index (χ1n) is 3.75. The van der Waals surface area contributed by atoms with Crippen LogP contribution in [0.4, 0.5) is 0 Å². The first-order chi connectivity index (χ1) is 6.34. The smallest absolute Gasteiger partial charge is 0.746 e. The van der Waals surface area contributed by atoms with Gasteiger partial charge in [0.25, 0.3) is 0 Å². The van der Waals surface area contributed by atoms with E-state index in [4.69, 9.17) is 5.11 Å². The molecule has 78 valence electrons. The molecule has 0 amide bonds. The van der Waals surface area contributed by atoms with E-state index in [1.165, 1.54) is 25.1 Å². The maximum Gasteiger partial charge on any atom is 1.00 e. The van der Waals surface area contributed by atoms with Crippen LogP contribution in [0.1, 0.15) is 16.6 Å². The summed E-state index contributed by atoms with van der Waals surface area (Å²) in [5.41, 5.74) is -2.12. The van der Waals surface area contributed by atoms with Gasteiger partial charge in [-0.1, -0.05) is 18.2 Å². The Bertz CT molecular complexity index is 442. The van der Waals surface area contributed by atoms with Crippen molar-refractivity contribution in [3.63, 3.8) is 0 Å². The summed E-state index contributed by atoms with van der Waals surface area (Å²) in [4.78, 5) is 0. The van der Waals surface area contributed by atoms with Crippen molar-refractivity contribution >= 4 is 10.1 Å². The van der Waals surface area contributed by atoms with E-state index in [2.05, 4.69) is 0 Å². The first-order valence-corrected chi connectivity index (χ1v) is 5.22. The van der Waals surface area contributed by atoms with Gasteiger partial charge in [0, 0.05) is 5.56 Å². The molecule has 0 bridgehead atoms. The number of hydrogen-bond donors (Lipinski definition) is 2. The molecule has 1 aromatic rings. The fourth-order valence-electron chi connectivity index (χ4n) is 1.04. The number of para-hydroxylation sites is 1. The molecule has 2 N–H and O–H groups in total. The van der Waals surface area contributed by atoms with E-state index in [-0.39, 0.29) is 40.9 Å². The van der Waals surface area contributed by atoms with Crippen LogP contribution in [-0.4, -0.2) is 23.2 Å². The van der Waals surface area contributed by atoms with Crippen LogP contribution in [0.5, 0.6) is 5.75 Å². The zero-order valence-corrected chi connectivity index (χ0v) is 11.2. The number of benzene rings is 1. The number of phenols is 1. The van der Waals surface area contributed by atoms with Crippen LogP contribution in [0, 0.1) is 6.92 Å². The molecule has 0 aromatic heterocycles. The minimum atomic E-state index is -4.85. The quantitative estimate of drug-likeness (QED) is 0.431. The number of aryl methyl sites for hydroxylation is 1. The zero-order chi connectivity index (χ0) is 10.9.